The molecule has 1 saturated heterocycles. The summed E-state index contributed by atoms with van der Waals surface area (Å²) in [5.41, 5.74) is 9.51. The molecule has 2 fully saturated rings. The first kappa shape index (κ1) is 49.9. The summed E-state index contributed by atoms with van der Waals surface area (Å²) in [5, 5.41) is 47.8. The zero-order valence-corrected chi connectivity index (χ0v) is 34.3. The third-order valence-corrected chi connectivity index (χ3v) is 9.48. The molecule has 336 valence electrons. The zero-order chi connectivity index (χ0) is 46.3. The number of rotatable bonds is 14. The lowest BCUT2D eigenvalue weighted by Gasteiger charge is -2.42. The van der Waals surface area contributed by atoms with Gasteiger partial charge in [0.15, 0.2) is 0 Å². The molecule has 1 aliphatic heterocycles. The van der Waals surface area contributed by atoms with Gasteiger partial charge < -0.3 is 50.4 Å². The number of benzene rings is 2. The SMILES string of the molecule is COCCN1CCN(C2CCC(n3cc(-c4ccc(Oc5ccccc5)cc4)c4c(N)ncnc43)CC2)CC1.O=C(O)C=CC(=O)O.O=C(O)C=CC(=O)O.O=C(O)C=CC(=O)O. The largest absolute Gasteiger partial charge is 0.478 e. The van der Waals surface area contributed by atoms with Crippen molar-refractivity contribution >= 4 is 52.7 Å². The maximum atomic E-state index is 9.55. The number of piperazine rings is 1. The fourth-order valence-corrected chi connectivity index (χ4v) is 6.63. The Hall–Kier alpha value is -7.42. The highest BCUT2D eigenvalue weighted by Gasteiger charge is 2.30. The van der Waals surface area contributed by atoms with Gasteiger partial charge in [-0.15, -0.1) is 0 Å². The van der Waals surface area contributed by atoms with Gasteiger partial charge in [0.2, 0.25) is 0 Å². The van der Waals surface area contributed by atoms with Gasteiger partial charge in [-0.05, 0) is 55.5 Å². The van der Waals surface area contributed by atoms with Crippen molar-refractivity contribution in [2.24, 2.45) is 0 Å². The van der Waals surface area contributed by atoms with Gasteiger partial charge in [-0.2, -0.15) is 0 Å². The number of hydrogen-bond donors (Lipinski definition) is 7. The van der Waals surface area contributed by atoms with Crippen LogP contribution in [0.25, 0.3) is 22.2 Å². The van der Waals surface area contributed by atoms with Crippen LogP contribution in [0.1, 0.15) is 31.7 Å². The normalized spacial score (nSPS) is 16.5. The second kappa shape index (κ2) is 26.0. The number of carboxylic acid groups (broad SMARTS) is 6. The predicted octanol–water partition coefficient (Wildman–Crippen LogP) is 4.36. The molecular weight excluding hydrogens is 825 g/mol. The van der Waals surface area contributed by atoms with Crippen LogP contribution < -0.4 is 10.5 Å². The Kier molecular flexibility index (Phi) is 20.6. The Morgan fingerprint density at radius 3 is 1.57 bits per heavy atom. The molecule has 4 aromatic rings. The van der Waals surface area contributed by atoms with Gasteiger partial charge in [-0.1, -0.05) is 30.3 Å². The second-order valence-electron chi connectivity index (χ2n) is 13.7. The Labute approximate surface area is 361 Å². The van der Waals surface area contributed by atoms with E-state index in [1.807, 2.05) is 42.5 Å². The molecular formula is C43H50N6O14. The van der Waals surface area contributed by atoms with E-state index in [1.54, 1.807) is 13.4 Å². The quantitative estimate of drug-likeness (QED) is 0.0866. The lowest BCUT2D eigenvalue weighted by molar-refractivity contribution is -0.134. The Bertz CT molecular complexity index is 2100. The standard InChI is InChI=1S/C31H38N6O2.3C4H4O4/c1-38-20-19-35-15-17-36(18-16-35)24-9-11-25(12-10-24)37-21-28(29-30(32)33-22-34-31(29)37)23-7-13-27(14-8-23)39-26-5-3-2-4-6-26;3*5-3(6)1-2-4(7)8/h2-8,13-14,21-22,24-25H,9-12,15-20H2,1H3,(H2,32,33,34);3*1-2H,(H,5,6)(H,7,8). The van der Waals surface area contributed by atoms with Crippen LogP contribution in [0.4, 0.5) is 5.82 Å². The minimum absolute atomic E-state index is 0.412. The smallest absolute Gasteiger partial charge is 0.328 e. The zero-order valence-electron chi connectivity index (χ0n) is 34.3. The molecule has 3 heterocycles. The van der Waals surface area contributed by atoms with Gasteiger partial charge in [0, 0.05) is 100 Å². The average molecular weight is 875 g/mol. The third-order valence-electron chi connectivity index (χ3n) is 9.48. The highest BCUT2D eigenvalue weighted by molar-refractivity contribution is 6.00. The van der Waals surface area contributed by atoms with Crippen molar-refractivity contribution in [1.29, 1.82) is 0 Å². The van der Waals surface area contributed by atoms with E-state index in [-0.39, 0.29) is 0 Å². The summed E-state index contributed by atoms with van der Waals surface area (Å²) in [5.74, 6) is -5.39. The fraction of sp³-hybridized carbons (Fsp3) is 0.302. The van der Waals surface area contributed by atoms with Crippen LogP contribution in [0.2, 0.25) is 0 Å². The van der Waals surface area contributed by atoms with Crippen molar-refractivity contribution in [2.75, 3.05) is 52.2 Å². The molecule has 2 aromatic heterocycles. The number of methoxy groups -OCH3 is 1. The van der Waals surface area contributed by atoms with Crippen molar-refractivity contribution in [2.45, 2.75) is 37.8 Å². The molecule has 63 heavy (non-hydrogen) atoms. The Balaban J connectivity index is 0.000000360. The number of aromatic nitrogens is 3. The van der Waals surface area contributed by atoms with Gasteiger partial charge >= 0.3 is 35.8 Å². The highest BCUT2D eigenvalue weighted by atomic mass is 16.5. The van der Waals surface area contributed by atoms with Crippen molar-refractivity contribution in [3.05, 3.63) is 104 Å². The van der Waals surface area contributed by atoms with E-state index in [0.717, 1.165) is 85.8 Å². The maximum absolute atomic E-state index is 9.55. The Morgan fingerprint density at radius 1 is 0.651 bits per heavy atom. The predicted molar refractivity (Wildman–Crippen MR) is 228 cm³/mol. The number of hydrogen-bond acceptors (Lipinski definition) is 13. The third kappa shape index (κ3) is 18.0. The van der Waals surface area contributed by atoms with Crippen molar-refractivity contribution in [1.82, 2.24) is 24.3 Å². The number of ether oxygens (including phenoxy) is 2. The summed E-state index contributed by atoms with van der Waals surface area (Å²) in [7, 11) is 1.78. The van der Waals surface area contributed by atoms with E-state index in [9.17, 15) is 28.8 Å². The summed E-state index contributed by atoms with van der Waals surface area (Å²) < 4.78 is 13.6. The van der Waals surface area contributed by atoms with E-state index in [0.29, 0.717) is 54.4 Å². The molecule has 2 aliphatic rings. The number of anilines is 1. The number of nitrogens with zero attached hydrogens (tertiary/aromatic N) is 5. The van der Waals surface area contributed by atoms with Crippen molar-refractivity contribution in [3.63, 3.8) is 0 Å². The molecule has 1 saturated carbocycles. The molecule has 6 rings (SSSR count). The summed E-state index contributed by atoms with van der Waals surface area (Å²) in [6.45, 7) is 6.44. The lowest BCUT2D eigenvalue weighted by atomic mass is 9.89. The maximum Gasteiger partial charge on any atom is 0.328 e. The highest BCUT2D eigenvalue weighted by Crippen LogP contribution is 2.39. The first-order valence-electron chi connectivity index (χ1n) is 19.4. The van der Waals surface area contributed by atoms with Crippen LogP contribution in [0.15, 0.2) is 104 Å². The molecule has 0 radical (unpaired) electrons. The summed E-state index contributed by atoms with van der Waals surface area (Å²) in [6, 6.07) is 19.1. The van der Waals surface area contributed by atoms with E-state index >= 15 is 0 Å². The summed E-state index contributed by atoms with van der Waals surface area (Å²) >= 11 is 0. The Morgan fingerprint density at radius 2 is 1.11 bits per heavy atom. The van der Waals surface area contributed by atoms with E-state index in [2.05, 4.69) is 37.7 Å². The minimum Gasteiger partial charge on any atom is -0.478 e. The molecule has 0 atom stereocenters. The van der Waals surface area contributed by atoms with E-state index in [1.165, 1.54) is 12.8 Å². The number of nitrogen functional groups attached to an aromatic ring is 1. The van der Waals surface area contributed by atoms with Gasteiger partial charge in [0.1, 0.15) is 29.3 Å². The van der Waals surface area contributed by atoms with Crippen molar-refractivity contribution < 1.29 is 68.9 Å². The molecule has 2 aromatic carbocycles. The molecule has 0 bridgehead atoms. The molecule has 0 spiro atoms. The number of fused-ring (bicyclic) bond motifs is 1. The number of carboxylic acids is 6. The van der Waals surface area contributed by atoms with Crippen LogP contribution >= 0.6 is 0 Å². The second-order valence-corrected chi connectivity index (χ2v) is 13.7. The van der Waals surface area contributed by atoms with E-state index < -0.39 is 35.8 Å². The molecule has 20 heteroatoms. The van der Waals surface area contributed by atoms with Gasteiger partial charge in [-0.3, -0.25) is 9.80 Å². The molecule has 0 amide bonds. The van der Waals surface area contributed by atoms with Crippen LogP contribution in [-0.2, 0) is 33.5 Å². The number of nitrogens with two attached hydrogens (primary N) is 1. The van der Waals surface area contributed by atoms with Gasteiger partial charge in [0.05, 0.1) is 12.0 Å². The minimum atomic E-state index is -1.26. The average Bonchev–Trinajstić information content (AvgIpc) is 3.66. The summed E-state index contributed by atoms with van der Waals surface area (Å²) in [4.78, 5) is 71.6. The van der Waals surface area contributed by atoms with Gasteiger partial charge in [-0.25, -0.2) is 38.7 Å². The molecule has 20 nitrogen and oxygen atoms in total. The van der Waals surface area contributed by atoms with Crippen LogP contribution in [0, 0.1) is 0 Å². The van der Waals surface area contributed by atoms with Crippen LogP contribution in [-0.4, -0.2) is 143 Å². The molecule has 1 aliphatic carbocycles. The first-order valence-corrected chi connectivity index (χ1v) is 19.4. The monoisotopic (exact) mass is 874 g/mol. The number of aliphatic carboxylic acids is 6. The topological polar surface area (TPSA) is 305 Å². The fourth-order valence-electron chi connectivity index (χ4n) is 6.63. The van der Waals surface area contributed by atoms with E-state index in [4.69, 9.17) is 50.8 Å². The number of para-hydroxylation sites is 1. The van der Waals surface area contributed by atoms with Gasteiger partial charge in [0.25, 0.3) is 0 Å². The first-order chi connectivity index (χ1) is 30.1. The summed E-state index contributed by atoms with van der Waals surface area (Å²) in [6.07, 6.45) is 11.9. The van der Waals surface area contributed by atoms with Crippen LogP contribution in [0.3, 0.4) is 0 Å². The van der Waals surface area contributed by atoms with Crippen molar-refractivity contribution in [3.8, 4) is 22.6 Å². The number of carbonyl (C=O) groups is 6. The molecule has 8 N–H and O–H groups in total. The molecule has 0 unspecified atom stereocenters. The van der Waals surface area contributed by atoms with Crippen LogP contribution in [0.5, 0.6) is 11.5 Å². The lowest BCUT2D eigenvalue weighted by Crippen LogP contribution is -2.51.